The minimum atomic E-state index is -0.675. The molecule has 0 bridgehead atoms. The zero-order valence-corrected chi connectivity index (χ0v) is 9.35. The maximum Gasteiger partial charge on any atom is 0.171 e. The number of Topliss-reactive ketones (excluding diaryl/α,β-unsaturated/α-hetero) is 2. The van der Waals surface area contributed by atoms with Gasteiger partial charge in [-0.15, -0.1) is 0 Å². The van der Waals surface area contributed by atoms with Crippen LogP contribution in [-0.4, -0.2) is 23.8 Å². The number of hydrogen-bond donors (Lipinski definition) is 0. The molecule has 3 heteroatoms. The van der Waals surface area contributed by atoms with Gasteiger partial charge in [0.05, 0.1) is 11.0 Å². The summed E-state index contributed by atoms with van der Waals surface area (Å²) in [6.45, 7) is 7.24. The van der Waals surface area contributed by atoms with Gasteiger partial charge in [0.15, 0.2) is 5.78 Å². The van der Waals surface area contributed by atoms with Crippen LogP contribution in [0.5, 0.6) is 0 Å². The number of hydrogen-bond acceptors (Lipinski definition) is 3. The van der Waals surface area contributed by atoms with E-state index in [0.29, 0.717) is 12.8 Å². The van der Waals surface area contributed by atoms with E-state index in [9.17, 15) is 9.59 Å². The SMILES string of the molecule is CC(=O)C1(C(=O)COC(C)(C)C)CC1. The van der Waals surface area contributed by atoms with Crippen LogP contribution in [0.25, 0.3) is 0 Å². The predicted octanol–water partition coefficient (Wildman–Crippen LogP) is 1.74. The van der Waals surface area contributed by atoms with Gasteiger partial charge >= 0.3 is 0 Å². The highest BCUT2D eigenvalue weighted by Crippen LogP contribution is 2.47. The Kier molecular flexibility index (Phi) is 2.81. The molecule has 0 aromatic heterocycles. The lowest BCUT2D eigenvalue weighted by molar-refractivity contribution is -0.139. The Balaban J connectivity index is 2.48. The number of carbonyl (C=O) groups is 2. The maximum atomic E-state index is 11.7. The van der Waals surface area contributed by atoms with Gasteiger partial charge in [0.25, 0.3) is 0 Å². The quantitative estimate of drug-likeness (QED) is 0.646. The third-order valence-electron chi connectivity index (χ3n) is 2.59. The third kappa shape index (κ3) is 2.41. The number of carbonyl (C=O) groups excluding carboxylic acids is 2. The molecule has 3 nitrogen and oxygen atoms in total. The van der Waals surface area contributed by atoms with Crippen LogP contribution in [0.3, 0.4) is 0 Å². The van der Waals surface area contributed by atoms with E-state index in [1.54, 1.807) is 0 Å². The monoisotopic (exact) mass is 198 g/mol. The van der Waals surface area contributed by atoms with Crippen molar-refractivity contribution in [3.8, 4) is 0 Å². The molecule has 0 aromatic rings. The Morgan fingerprint density at radius 3 is 2.07 bits per heavy atom. The molecule has 0 aromatic carbocycles. The molecule has 14 heavy (non-hydrogen) atoms. The summed E-state index contributed by atoms with van der Waals surface area (Å²) in [7, 11) is 0. The van der Waals surface area contributed by atoms with Gasteiger partial charge in [-0.05, 0) is 40.5 Å². The molecule has 0 atom stereocenters. The average molecular weight is 198 g/mol. The van der Waals surface area contributed by atoms with Gasteiger partial charge in [0.2, 0.25) is 0 Å². The topological polar surface area (TPSA) is 43.4 Å². The molecular weight excluding hydrogens is 180 g/mol. The van der Waals surface area contributed by atoms with Crippen molar-refractivity contribution in [1.82, 2.24) is 0 Å². The highest BCUT2D eigenvalue weighted by Gasteiger charge is 2.53. The highest BCUT2D eigenvalue weighted by molar-refractivity contribution is 6.09. The van der Waals surface area contributed by atoms with Crippen molar-refractivity contribution in [3.63, 3.8) is 0 Å². The smallest absolute Gasteiger partial charge is 0.171 e. The summed E-state index contributed by atoms with van der Waals surface area (Å²) in [5.74, 6) is -0.0695. The van der Waals surface area contributed by atoms with Crippen LogP contribution in [0.2, 0.25) is 0 Å². The van der Waals surface area contributed by atoms with Crippen molar-refractivity contribution < 1.29 is 14.3 Å². The second-order valence-electron chi connectivity index (χ2n) is 4.96. The van der Waals surface area contributed by atoms with Crippen LogP contribution < -0.4 is 0 Å². The lowest BCUT2D eigenvalue weighted by Gasteiger charge is -2.20. The van der Waals surface area contributed by atoms with E-state index < -0.39 is 5.41 Å². The van der Waals surface area contributed by atoms with Crippen LogP contribution >= 0.6 is 0 Å². The van der Waals surface area contributed by atoms with Crippen LogP contribution in [0.15, 0.2) is 0 Å². The van der Waals surface area contributed by atoms with E-state index in [1.807, 2.05) is 20.8 Å². The highest BCUT2D eigenvalue weighted by atomic mass is 16.5. The normalized spacial score (nSPS) is 19.1. The second kappa shape index (κ2) is 3.46. The minimum absolute atomic E-state index is 0.0139. The number of rotatable bonds is 4. The molecule has 0 N–H and O–H groups in total. The van der Waals surface area contributed by atoms with Gasteiger partial charge in [-0.3, -0.25) is 9.59 Å². The largest absolute Gasteiger partial charge is 0.368 e. The van der Waals surface area contributed by atoms with Crippen molar-refractivity contribution in [1.29, 1.82) is 0 Å². The van der Waals surface area contributed by atoms with Gasteiger partial charge < -0.3 is 4.74 Å². The Morgan fingerprint density at radius 2 is 1.79 bits per heavy atom. The van der Waals surface area contributed by atoms with Crippen molar-refractivity contribution in [2.45, 2.75) is 46.1 Å². The van der Waals surface area contributed by atoms with Gasteiger partial charge in [-0.1, -0.05) is 0 Å². The average Bonchev–Trinajstić information content (AvgIpc) is 2.78. The Hall–Kier alpha value is -0.700. The lowest BCUT2D eigenvalue weighted by atomic mass is 9.97. The summed E-state index contributed by atoms with van der Waals surface area (Å²) >= 11 is 0. The maximum absolute atomic E-state index is 11.7. The van der Waals surface area contributed by atoms with Gasteiger partial charge in [0.1, 0.15) is 12.4 Å². The molecule has 0 heterocycles. The molecular formula is C11H18O3. The van der Waals surface area contributed by atoms with Crippen LogP contribution in [-0.2, 0) is 14.3 Å². The zero-order valence-electron chi connectivity index (χ0n) is 9.35. The third-order valence-corrected chi connectivity index (χ3v) is 2.59. The van der Waals surface area contributed by atoms with Crippen molar-refractivity contribution in [3.05, 3.63) is 0 Å². The van der Waals surface area contributed by atoms with Crippen molar-refractivity contribution in [2.24, 2.45) is 5.41 Å². The predicted molar refractivity (Wildman–Crippen MR) is 53.1 cm³/mol. The summed E-state index contributed by atoms with van der Waals surface area (Å²) < 4.78 is 5.37. The Bertz CT molecular complexity index is 256. The van der Waals surface area contributed by atoms with Crippen LogP contribution in [0.4, 0.5) is 0 Å². The van der Waals surface area contributed by atoms with E-state index in [1.165, 1.54) is 6.92 Å². The van der Waals surface area contributed by atoms with E-state index in [2.05, 4.69) is 0 Å². The molecule has 0 aliphatic heterocycles. The standard InChI is InChI=1S/C11H18O3/c1-8(12)11(5-6-11)9(13)7-14-10(2,3)4/h5-7H2,1-4H3. The van der Waals surface area contributed by atoms with E-state index in [4.69, 9.17) is 4.74 Å². The molecule has 0 unspecified atom stereocenters. The molecule has 0 amide bonds. The first-order valence-corrected chi connectivity index (χ1v) is 4.96. The second-order valence-corrected chi connectivity index (χ2v) is 4.96. The zero-order chi connectivity index (χ0) is 11.0. The fourth-order valence-corrected chi connectivity index (χ4v) is 1.37. The molecule has 1 aliphatic rings. The molecule has 0 saturated heterocycles. The van der Waals surface area contributed by atoms with E-state index in [0.717, 1.165) is 0 Å². The fourth-order valence-electron chi connectivity index (χ4n) is 1.37. The molecule has 1 saturated carbocycles. The first-order chi connectivity index (χ1) is 6.28. The summed E-state index contributed by atoms with van der Waals surface area (Å²) in [4.78, 5) is 22.9. The molecule has 0 spiro atoms. The summed E-state index contributed by atoms with van der Waals surface area (Å²) in [5.41, 5.74) is -0.992. The summed E-state index contributed by atoms with van der Waals surface area (Å²) in [5, 5.41) is 0. The summed E-state index contributed by atoms with van der Waals surface area (Å²) in [6, 6.07) is 0. The van der Waals surface area contributed by atoms with Crippen molar-refractivity contribution >= 4 is 11.6 Å². The first-order valence-electron chi connectivity index (χ1n) is 4.96. The number of ketones is 2. The molecule has 80 valence electrons. The number of ether oxygens (including phenoxy) is 1. The van der Waals surface area contributed by atoms with Gasteiger partial charge in [-0.2, -0.15) is 0 Å². The van der Waals surface area contributed by atoms with E-state index >= 15 is 0 Å². The fraction of sp³-hybridized carbons (Fsp3) is 0.818. The minimum Gasteiger partial charge on any atom is -0.368 e. The molecule has 0 radical (unpaired) electrons. The lowest BCUT2D eigenvalue weighted by Crippen LogP contribution is -2.31. The van der Waals surface area contributed by atoms with Gasteiger partial charge in [-0.25, -0.2) is 0 Å². The van der Waals surface area contributed by atoms with Crippen molar-refractivity contribution in [2.75, 3.05) is 6.61 Å². The molecule has 1 aliphatic carbocycles. The van der Waals surface area contributed by atoms with Crippen LogP contribution in [0.1, 0.15) is 40.5 Å². The Morgan fingerprint density at radius 1 is 1.29 bits per heavy atom. The molecule has 1 rings (SSSR count). The van der Waals surface area contributed by atoms with Crippen LogP contribution in [0, 0.1) is 5.41 Å². The summed E-state index contributed by atoms with van der Waals surface area (Å²) in [6.07, 6.45) is 1.41. The Labute approximate surface area is 84.8 Å². The van der Waals surface area contributed by atoms with E-state index in [-0.39, 0.29) is 23.8 Å². The van der Waals surface area contributed by atoms with Gasteiger partial charge in [0, 0.05) is 0 Å². The first kappa shape index (κ1) is 11.4. The molecule has 1 fully saturated rings.